The van der Waals surface area contributed by atoms with Gasteiger partial charge >= 0.3 is 0 Å². The van der Waals surface area contributed by atoms with Crippen molar-refractivity contribution in [2.45, 2.75) is 196 Å². The van der Waals surface area contributed by atoms with E-state index in [2.05, 4.69) is 205 Å². The quantitative estimate of drug-likeness (QED) is 0.0273. The average Bonchev–Trinajstić information content (AvgIpc) is 0.866. The first-order valence-electron chi connectivity index (χ1n) is 36.7. The van der Waals surface area contributed by atoms with Gasteiger partial charge in [-0.15, -0.1) is 0 Å². The van der Waals surface area contributed by atoms with Gasteiger partial charge in [-0.25, -0.2) is 15.0 Å². The largest absolute Gasteiger partial charge is 0.493 e. The van der Waals surface area contributed by atoms with Crippen molar-refractivity contribution in [3.63, 3.8) is 0 Å². The molecular formula is C87H111N3O6. The number of nitrogens with zero attached hydrogens (tertiary/aromatic N) is 3. The van der Waals surface area contributed by atoms with Crippen molar-refractivity contribution in [1.29, 1.82) is 0 Å². The molecule has 510 valence electrons. The van der Waals surface area contributed by atoms with Crippen LogP contribution >= 0.6 is 0 Å². The topological polar surface area (TPSA) is 94.1 Å². The van der Waals surface area contributed by atoms with Crippen LogP contribution in [0.5, 0.6) is 34.5 Å². The fourth-order valence-corrected chi connectivity index (χ4v) is 11.0. The van der Waals surface area contributed by atoms with Gasteiger partial charge in [-0.3, -0.25) is 0 Å². The predicted molar refractivity (Wildman–Crippen MR) is 410 cm³/mol. The van der Waals surface area contributed by atoms with E-state index < -0.39 is 0 Å². The molecule has 9 nitrogen and oxygen atoms in total. The first kappa shape index (κ1) is 75.0. The summed E-state index contributed by atoms with van der Waals surface area (Å²) in [5, 5.41) is 0. The molecule has 1 aromatic heterocycles. The number of benzene rings is 6. The second-order valence-electron chi connectivity index (χ2n) is 24.9. The van der Waals surface area contributed by atoms with Crippen LogP contribution in [0.2, 0.25) is 0 Å². The third-order valence-corrected chi connectivity index (χ3v) is 16.6. The normalized spacial score (nSPS) is 11.8. The maximum absolute atomic E-state index is 6.74. The van der Waals surface area contributed by atoms with E-state index in [0.717, 1.165) is 219 Å². The van der Waals surface area contributed by atoms with Crippen LogP contribution in [0.4, 0.5) is 0 Å². The van der Waals surface area contributed by atoms with E-state index >= 15 is 0 Å². The highest BCUT2D eigenvalue weighted by atomic mass is 16.5. The maximum atomic E-state index is 6.74. The standard InChI is InChI=1S/C87H111N3O6/c1-7-13-19-34-58-91-79-67-76(82(94-61-37-22-16-10-4)64-73(79)49-46-70-40-28-25-29-41-70)52-55-85-88-86(56-53-77-68-80(92-59-35-20-14-8-2)74(50-47-71-42-30-26-31-43-71)65-83(77)95-62-38-23-17-11-5)90-87(89-85)57-54-78-69-81(93-60-36-21-15-9-3)75(51-48-72-44-32-27-33-45-72)66-84(78)96-63-39-24-18-12-6/h25-33,40-57,64-69H,7-24,34-39,58-63H2,1-6H3/b49-46+,50-47+,51-48+,55-52+,56-53+,57-54+. The summed E-state index contributed by atoms with van der Waals surface area (Å²) in [5.41, 5.74) is 8.81. The zero-order valence-electron chi connectivity index (χ0n) is 59.1. The Labute approximate surface area is 577 Å². The van der Waals surface area contributed by atoms with Gasteiger partial charge in [0.1, 0.15) is 34.5 Å². The van der Waals surface area contributed by atoms with Gasteiger partial charge in [-0.1, -0.05) is 285 Å². The zero-order valence-corrected chi connectivity index (χ0v) is 59.1. The molecule has 0 spiro atoms. The third-order valence-electron chi connectivity index (χ3n) is 16.6. The maximum Gasteiger partial charge on any atom is 0.156 e. The van der Waals surface area contributed by atoms with Crippen molar-refractivity contribution in [3.8, 4) is 34.5 Å². The number of ether oxygens (including phenoxy) is 6. The van der Waals surface area contributed by atoms with E-state index in [1.165, 1.54) is 19.3 Å². The van der Waals surface area contributed by atoms with E-state index in [9.17, 15) is 0 Å². The van der Waals surface area contributed by atoms with Gasteiger partial charge in [0.05, 0.1) is 39.6 Å². The van der Waals surface area contributed by atoms with Gasteiger partial charge in [0.2, 0.25) is 0 Å². The van der Waals surface area contributed by atoms with Gasteiger partial charge in [-0.2, -0.15) is 0 Å². The van der Waals surface area contributed by atoms with E-state index in [1.807, 2.05) is 36.4 Å². The molecule has 0 unspecified atom stereocenters. The second kappa shape index (κ2) is 45.9. The van der Waals surface area contributed by atoms with E-state index in [0.29, 0.717) is 57.1 Å². The zero-order chi connectivity index (χ0) is 67.3. The van der Waals surface area contributed by atoms with Gasteiger partial charge in [-0.05, 0) is 128 Å². The lowest BCUT2D eigenvalue weighted by atomic mass is 10.1. The molecule has 1 heterocycles. The monoisotopic (exact) mass is 1290 g/mol. The van der Waals surface area contributed by atoms with E-state index in [4.69, 9.17) is 43.4 Å². The van der Waals surface area contributed by atoms with Crippen LogP contribution in [-0.2, 0) is 0 Å². The van der Waals surface area contributed by atoms with Crippen molar-refractivity contribution in [2.24, 2.45) is 0 Å². The highest BCUT2D eigenvalue weighted by Crippen LogP contribution is 2.36. The first-order valence-corrected chi connectivity index (χ1v) is 36.7. The lowest BCUT2D eigenvalue weighted by molar-refractivity contribution is 0.296. The van der Waals surface area contributed by atoms with E-state index in [-0.39, 0.29) is 0 Å². The number of unbranched alkanes of at least 4 members (excludes halogenated alkanes) is 18. The molecule has 0 bridgehead atoms. The smallest absolute Gasteiger partial charge is 0.156 e. The molecule has 7 rings (SSSR count). The number of hydrogen-bond donors (Lipinski definition) is 0. The number of aromatic nitrogens is 3. The summed E-state index contributed by atoms with van der Waals surface area (Å²) in [6.45, 7) is 17.0. The predicted octanol–water partition coefficient (Wildman–Crippen LogP) is 24.6. The summed E-state index contributed by atoms with van der Waals surface area (Å²) in [5.74, 6) is 6.11. The van der Waals surface area contributed by atoms with E-state index in [1.54, 1.807) is 0 Å². The van der Waals surface area contributed by atoms with Crippen LogP contribution in [0.1, 0.15) is 263 Å². The Morgan fingerprint density at radius 1 is 0.219 bits per heavy atom. The highest BCUT2D eigenvalue weighted by molar-refractivity contribution is 5.82. The summed E-state index contributed by atoms with van der Waals surface area (Å²) in [4.78, 5) is 15.6. The van der Waals surface area contributed by atoms with Crippen LogP contribution in [-0.4, -0.2) is 54.6 Å². The lowest BCUT2D eigenvalue weighted by Gasteiger charge is -2.16. The molecule has 0 atom stereocenters. The Bertz CT molecular complexity index is 3100. The van der Waals surface area contributed by atoms with Crippen molar-refractivity contribution in [3.05, 3.63) is 195 Å². The van der Waals surface area contributed by atoms with Crippen molar-refractivity contribution >= 4 is 72.9 Å². The second-order valence-corrected chi connectivity index (χ2v) is 24.9. The average molecular weight is 1290 g/mol. The molecule has 0 N–H and O–H groups in total. The fraction of sp³-hybridized carbons (Fsp3) is 0.414. The number of rotatable bonds is 48. The molecule has 0 aliphatic rings. The molecule has 9 heteroatoms. The Morgan fingerprint density at radius 2 is 0.406 bits per heavy atom. The Hall–Kier alpha value is -8.43. The molecule has 0 amide bonds. The summed E-state index contributed by atoms with van der Waals surface area (Å²) in [6, 6.07) is 43.9. The molecule has 0 aliphatic heterocycles. The molecule has 96 heavy (non-hydrogen) atoms. The Morgan fingerprint density at radius 3 is 0.594 bits per heavy atom. The minimum Gasteiger partial charge on any atom is -0.493 e. The summed E-state index contributed by atoms with van der Waals surface area (Å²) >= 11 is 0. The highest BCUT2D eigenvalue weighted by Gasteiger charge is 2.16. The molecule has 0 saturated heterocycles. The van der Waals surface area contributed by atoms with Crippen LogP contribution < -0.4 is 28.4 Å². The molecule has 7 aromatic rings. The van der Waals surface area contributed by atoms with Gasteiger partial charge in [0.25, 0.3) is 0 Å². The summed E-state index contributed by atoms with van der Waals surface area (Å²) < 4.78 is 40.3. The third kappa shape index (κ3) is 28.1. The molecule has 0 fully saturated rings. The van der Waals surface area contributed by atoms with Crippen molar-refractivity contribution < 1.29 is 28.4 Å². The van der Waals surface area contributed by atoms with Crippen LogP contribution in [0, 0.1) is 0 Å². The van der Waals surface area contributed by atoms with Crippen molar-refractivity contribution in [2.75, 3.05) is 39.6 Å². The fourth-order valence-electron chi connectivity index (χ4n) is 11.0. The molecule has 0 radical (unpaired) electrons. The molecular weight excluding hydrogens is 1180 g/mol. The minimum atomic E-state index is 0.475. The molecule has 0 aliphatic carbocycles. The van der Waals surface area contributed by atoms with Gasteiger partial charge in [0, 0.05) is 33.4 Å². The summed E-state index contributed by atoms with van der Waals surface area (Å²) in [7, 11) is 0. The van der Waals surface area contributed by atoms with Crippen LogP contribution in [0.25, 0.3) is 72.9 Å². The SMILES string of the molecule is CCCCCCOc1cc(/C=C/c2nc(/C=C/c3cc(OCCCCCC)c(/C=C/c4ccccc4)cc3OCCCCCC)nc(/C=C/c3cc(OCCCCCC)c(/C=C/c4ccccc4)cc3OCCCCCC)n2)c(OCCCCCC)cc1/C=C/c1ccccc1. The number of hydrogen-bond acceptors (Lipinski definition) is 9. The summed E-state index contributed by atoms with van der Waals surface area (Å²) in [6.07, 6.45) is 51.2. The molecule has 0 saturated carbocycles. The Kier molecular flexibility index (Phi) is 35.8. The van der Waals surface area contributed by atoms with Crippen molar-refractivity contribution in [1.82, 2.24) is 15.0 Å². The van der Waals surface area contributed by atoms with Gasteiger partial charge in [0.15, 0.2) is 17.5 Å². The first-order chi connectivity index (χ1) is 47.4. The van der Waals surface area contributed by atoms with Crippen LogP contribution in [0.3, 0.4) is 0 Å². The Balaban J connectivity index is 1.38. The minimum absolute atomic E-state index is 0.475. The van der Waals surface area contributed by atoms with Crippen LogP contribution in [0.15, 0.2) is 127 Å². The lowest BCUT2D eigenvalue weighted by Crippen LogP contribution is -2.03. The van der Waals surface area contributed by atoms with Gasteiger partial charge < -0.3 is 28.4 Å². The molecule has 6 aromatic carbocycles.